The van der Waals surface area contributed by atoms with Crippen LogP contribution in [-0.2, 0) is 30.4 Å². The Kier molecular flexibility index (Phi) is 11.6. The quantitative estimate of drug-likeness (QED) is 0.204. The lowest BCUT2D eigenvalue weighted by Crippen LogP contribution is -2.57. The third kappa shape index (κ3) is 9.69. The predicted molar refractivity (Wildman–Crippen MR) is 121 cm³/mol. The molecule has 8 N–H and O–H groups in total. The van der Waals surface area contributed by atoms with Gasteiger partial charge in [-0.25, -0.2) is 4.79 Å². The maximum Gasteiger partial charge on any atom is 0.326 e. The van der Waals surface area contributed by atoms with Gasteiger partial charge in [0.2, 0.25) is 23.6 Å². The second kappa shape index (κ2) is 13.8. The summed E-state index contributed by atoms with van der Waals surface area (Å²) >= 11 is 0. The van der Waals surface area contributed by atoms with Crippen LogP contribution in [-0.4, -0.2) is 59.4 Å². The summed E-state index contributed by atoms with van der Waals surface area (Å²) in [4.78, 5) is 60.5. The van der Waals surface area contributed by atoms with Gasteiger partial charge >= 0.3 is 5.97 Å². The largest absolute Gasteiger partial charge is 0.480 e. The van der Waals surface area contributed by atoms with Gasteiger partial charge in [-0.15, -0.1) is 0 Å². The summed E-state index contributed by atoms with van der Waals surface area (Å²) in [5.74, 6) is -4.27. The van der Waals surface area contributed by atoms with Gasteiger partial charge in [0.1, 0.15) is 18.1 Å². The van der Waals surface area contributed by atoms with Gasteiger partial charge in [0.25, 0.3) is 0 Å². The molecule has 0 saturated carbocycles. The molecule has 1 aromatic rings. The Hall–Kier alpha value is -3.47. The number of nitrogens with two attached hydrogens (primary N) is 2. The molecule has 0 spiro atoms. The van der Waals surface area contributed by atoms with Gasteiger partial charge in [0, 0.05) is 12.8 Å². The fraction of sp³-hybridized carbons (Fsp3) is 0.500. The second-order valence-electron chi connectivity index (χ2n) is 7.79. The van der Waals surface area contributed by atoms with Gasteiger partial charge in [-0.05, 0) is 17.9 Å². The summed E-state index contributed by atoms with van der Waals surface area (Å²) < 4.78 is 0. The number of amides is 4. The molecule has 0 bridgehead atoms. The Morgan fingerprint density at radius 2 is 1.58 bits per heavy atom. The number of hydrogen-bond donors (Lipinski definition) is 6. The van der Waals surface area contributed by atoms with Crippen molar-refractivity contribution in [3.63, 3.8) is 0 Å². The van der Waals surface area contributed by atoms with E-state index in [4.69, 9.17) is 11.5 Å². The zero-order valence-electron chi connectivity index (χ0n) is 18.9. The standard InChI is InChI=1S/C22H33N5O6/c1-3-13(2)19(22(32)33)27-20(30)15(9-10-17(24)28)26-21(31)16(25-18(29)12-23)11-14-7-5-4-6-8-14/h4-8,13,15-16,19H,3,9-12,23H2,1-2H3,(H2,24,28)(H,25,29)(H,26,31)(H,27,30)(H,32,33). The normalized spacial score (nSPS) is 14.3. The van der Waals surface area contributed by atoms with Crippen LogP contribution in [0.25, 0.3) is 0 Å². The number of carboxylic acid groups (broad SMARTS) is 1. The van der Waals surface area contributed by atoms with Crippen LogP contribution < -0.4 is 27.4 Å². The molecule has 0 heterocycles. The van der Waals surface area contributed by atoms with Gasteiger partial charge < -0.3 is 32.5 Å². The molecule has 33 heavy (non-hydrogen) atoms. The Labute approximate surface area is 192 Å². The van der Waals surface area contributed by atoms with E-state index in [0.717, 1.165) is 5.56 Å². The molecule has 0 aromatic heterocycles. The number of aliphatic carboxylic acids is 1. The summed E-state index contributed by atoms with van der Waals surface area (Å²) in [5, 5.41) is 16.9. The molecule has 4 amide bonds. The zero-order chi connectivity index (χ0) is 25.0. The first-order valence-electron chi connectivity index (χ1n) is 10.7. The average Bonchev–Trinajstić information content (AvgIpc) is 2.78. The molecule has 0 aliphatic heterocycles. The average molecular weight is 464 g/mol. The number of rotatable bonds is 14. The Balaban J connectivity index is 3.06. The smallest absolute Gasteiger partial charge is 0.326 e. The van der Waals surface area contributed by atoms with Crippen molar-refractivity contribution in [2.24, 2.45) is 17.4 Å². The van der Waals surface area contributed by atoms with Crippen LogP contribution >= 0.6 is 0 Å². The van der Waals surface area contributed by atoms with Gasteiger partial charge in [-0.3, -0.25) is 19.2 Å². The van der Waals surface area contributed by atoms with Crippen LogP contribution in [0.4, 0.5) is 0 Å². The van der Waals surface area contributed by atoms with Crippen molar-refractivity contribution in [1.82, 2.24) is 16.0 Å². The Morgan fingerprint density at radius 3 is 2.09 bits per heavy atom. The van der Waals surface area contributed by atoms with E-state index < -0.39 is 47.7 Å². The van der Waals surface area contributed by atoms with Crippen molar-refractivity contribution in [1.29, 1.82) is 0 Å². The van der Waals surface area contributed by atoms with Crippen LogP contribution in [0.3, 0.4) is 0 Å². The summed E-state index contributed by atoms with van der Waals surface area (Å²) in [6, 6.07) is 5.45. The number of hydrogen-bond acceptors (Lipinski definition) is 6. The zero-order valence-corrected chi connectivity index (χ0v) is 18.9. The number of nitrogens with one attached hydrogen (secondary N) is 3. The lowest BCUT2D eigenvalue weighted by molar-refractivity contribution is -0.144. The molecule has 182 valence electrons. The van der Waals surface area contributed by atoms with Crippen LogP contribution in [0.5, 0.6) is 0 Å². The van der Waals surface area contributed by atoms with E-state index in [1.807, 2.05) is 0 Å². The molecule has 11 nitrogen and oxygen atoms in total. The molecule has 1 aromatic carbocycles. The molecular weight excluding hydrogens is 430 g/mol. The van der Waals surface area contributed by atoms with Gasteiger partial charge in [-0.1, -0.05) is 50.6 Å². The Morgan fingerprint density at radius 1 is 0.970 bits per heavy atom. The molecule has 0 aliphatic carbocycles. The molecule has 11 heteroatoms. The Bertz CT molecular complexity index is 832. The fourth-order valence-electron chi connectivity index (χ4n) is 3.08. The van der Waals surface area contributed by atoms with Crippen molar-refractivity contribution < 1.29 is 29.1 Å². The first kappa shape index (κ1) is 27.6. The lowest BCUT2D eigenvalue weighted by Gasteiger charge is -2.26. The number of carbonyl (C=O) groups is 5. The summed E-state index contributed by atoms with van der Waals surface area (Å²) in [5.41, 5.74) is 11.3. The highest BCUT2D eigenvalue weighted by Crippen LogP contribution is 2.10. The van der Waals surface area contributed by atoms with E-state index in [1.165, 1.54) is 0 Å². The highest BCUT2D eigenvalue weighted by molar-refractivity contribution is 5.94. The van der Waals surface area contributed by atoms with E-state index in [2.05, 4.69) is 16.0 Å². The first-order chi connectivity index (χ1) is 15.6. The molecule has 4 atom stereocenters. The fourth-order valence-corrected chi connectivity index (χ4v) is 3.08. The van der Waals surface area contributed by atoms with Crippen molar-refractivity contribution in [2.45, 2.75) is 57.7 Å². The minimum absolute atomic E-state index is 0.132. The minimum atomic E-state index is -1.23. The van der Waals surface area contributed by atoms with Crippen molar-refractivity contribution >= 4 is 29.6 Å². The molecule has 0 radical (unpaired) electrons. The van der Waals surface area contributed by atoms with E-state index in [9.17, 15) is 29.1 Å². The maximum atomic E-state index is 13.0. The topological polar surface area (TPSA) is 194 Å². The van der Waals surface area contributed by atoms with Crippen molar-refractivity contribution in [3.8, 4) is 0 Å². The summed E-state index contributed by atoms with van der Waals surface area (Å²) in [6.45, 7) is 3.13. The number of primary amides is 1. The SMILES string of the molecule is CCC(C)C(NC(=O)C(CCC(N)=O)NC(=O)C(Cc1ccccc1)NC(=O)CN)C(=O)O. The van der Waals surface area contributed by atoms with Crippen molar-refractivity contribution in [3.05, 3.63) is 35.9 Å². The highest BCUT2D eigenvalue weighted by Gasteiger charge is 2.31. The third-order valence-corrected chi connectivity index (χ3v) is 5.21. The number of carbonyl (C=O) groups excluding carboxylic acids is 4. The maximum absolute atomic E-state index is 13.0. The summed E-state index contributed by atoms with van der Waals surface area (Å²) in [7, 11) is 0. The summed E-state index contributed by atoms with van der Waals surface area (Å²) in [6.07, 6.45) is 0.285. The van der Waals surface area contributed by atoms with E-state index >= 15 is 0 Å². The van der Waals surface area contributed by atoms with Gasteiger partial charge in [0.05, 0.1) is 6.54 Å². The molecule has 0 saturated heterocycles. The highest BCUT2D eigenvalue weighted by atomic mass is 16.4. The minimum Gasteiger partial charge on any atom is -0.480 e. The van der Waals surface area contributed by atoms with Gasteiger partial charge in [-0.2, -0.15) is 0 Å². The second-order valence-corrected chi connectivity index (χ2v) is 7.79. The molecular formula is C22H33N5O6. The van der Waals surface area contributed by atoms with Gasteiger partial charge in [0.15, 0.2) is 0 Å². The third-order valence-electron chi connectivity index (χ3n) is 5.21. The first-order valence-corrected chi connectivity index (χ1v) is 10.7. The molecule has 1 rings (SSSR count). The van der Waals surface area contributed by atoms with E-state index in [1.54, 1.807) is 44.2 Å². The number of carboxylic acids is 1. The molecule has 4 unspecified atom stereocenters. The number of benzene rings is 1. The van der Waals surface area contributed by atoms with E-state index in [0.29, 0.717) is 6.42 Å². The van der Waals surface area contributed by atoms with E-state index in [-0.39, 0.29) is 31.7 Å². The van der Waals surface area contributed by atoms with Crippen molar-refractivity contribution in [2.75, 3.05) is 6.54 Å². The van der Waals surface area contributed by atoms with Crippen LogP contribution in [0.1, 0.15) is 38.7 Å². The van der Waals surface area contributed by atoms with Crippen LogP contribution in [0.2, 0.25) is 0 Å². The predicted octanol–water partition coefficient (Wildman–Crippen LogP) is -0.962. The van der Waals surface area contributed by atoms with Crippen LogP contribution in [0.15, 0.2) is 30.3 Å². The van der Waals surface area contributed by atoms with Crippen LogP contribution in [0, 0.1) is 5.92 Å². The molecule has 0 aliphatic rings. The lowest BCUT2D eigenvalue weighted by atomic mass is 9.98. The molecule has 0 fully saturated rings. The monoisotopic (exact) mass is 463 g/mol.